The van der Waals surface area contributed by atoms with Crippen molar-refractivity contribution in [2.24, 2.45) is 5.92 Å². The van der Waals surface area contributed by atoms with Crippen LogP contribution in [0.3, 0.4) is 0 Å². The lowest BCUT2D eigenvalue weighted by Crippen LogP contribution is -2.03. The Morgan fingerprint density at radius 1 is 0.789 bits per heavy atom. The summed E-state index contributed by atoms with van der Waals surface area (Å²) in [7, 11) is -0.449. The van der Waals surface area contributed by atoms with Crippen LogP contribution in [0.25, 0.3) is 0 Å². The molecule has 0 atom stereocenters. The fourth-order valence-corrected chi connectivity index (χ4v) is 4.52. The van der Waals surface area contributed by atoms with E-state index in [1.165, 1.54) is 32.1 Å². The molecule has 100 valence electrons. The lowest BCUT2D eigenvalue weighted by molar-refractivity contribution is 0.419. The Balaban J connectivity index is 1.78. The second-order valence-corrected chi connectivity index (χ2v) is 7.05. The van der Waals surface area contributed by atoms with Crippen molar-refractivity contribution in [2.45, 2.75) is 32.1 Å². The molecule has 1 saturated carbocycles. The van der Waals surface area contributed by atoms with Crippen molar-refractivity contribution in [3.05, 3.63) is 60.9 Å². The van der Waals surface area contributed by atoms with Gasteiger partial charge in [-0.05, 0) is 48.8 Å². The first-order chi connectivity index (χ1) is 9.43. The highest BCUT2D eigenvalue weighted by molar-refractivity contribution is 7.57. The van der Waals surface area contributed by atoms with Gasteiger partial charge in [-0.3, -0.25) is 0 Å². The molecule has 0 spiro atoms. The number of aromatic nitrogens is 2. The Morgan fingerprint density at radius 2 is 1.32 bits per heavy atom. The first-order valence-electron chi connectivity index (χ1n) is 7.17. The molecule has 1 aliphatic rings. The summed E-state index contributed by atoms with van der Waals surface area (Å²) < 4.78 is 4.63. The third kappa shape index (κ3) is 3.19. The molecule has 0 aliphatic heterocycles. The molecule has 2 aromatic heterocycles. The van der Waals surface area contributed by atoms with E-state index in [2.05, 4.69) is 69.6 Å². The van der Waals surface area contributed by atoms with Crippen LogP contribution in [0.2, 0.25) is 0 Å². The van der Waals surface area contributed by atoms with Gasteiger partial charge in [0.05, 0.1) is 0 Å². The maximum atomic E-state index is 2.46. The van der Waals surface area contributed by atoms with Crippen molar-refractivity contribution < 1.29 is 0 Å². The van der Waals surface area contributed by atoms with Crippen molar-refractivity contribution in [3.8, 4) is 0 Å². The molecular formula is C16H21N2P. The normalized spacial score (nSPS) is 17.5. The van der Waals surface area contributed by atoms with E-state index in [0.29, 0.717) is 0 Å². The molecule has 0 unspecified atom stereocenters. The SMILES string of the molecule is C(=CP(n1cccc1)n1cccc1)C1CCCCC1. The minimum Gasteiger partial charge on any atom is -0.313 e. The van der Waals surface area contributed by atoms with Gasteiger partial charge in [0.25, 0.3) is 0 Å². The van der Waals surface area contributed by atoms with Gasteiger partial charge in [-0.25, -0.2) is 0 Å². The van der Waals surface area contributed by atoms with Gasteiger partial charge in [-0.2, -0.15) is 0 Å². The van der Waals surface area contributed by atoms with Gasteiger partial charge in [0, 0.05) is 24.8 Å². The maximum Gasteiger partial charge on any atom is 0.128 e. The second kappa shape index (κ2) is 6.25. The molecule has 3 heteroatoms. The van der Waals surface area contributed by atoms with Crippen LogP contribution in [0.5, 0.6) is 0 Å². The third-order valence-corrected chi connectivity index (χ3v) is 5.71. The zero-order valence-electron chi connectivity index (χ0n) is 11.2. The molecule has 1 fully saturated rings. The van der Waals surface area contributed by atoms with E-state index in [1.807, 2.05) is 0 Å². The molecule has 1 aliphatic carbocycles. The number of nitrogens with zero attached hydrogens (tertiary/aromatic N) is 2. The highest BCUT2D eigenvalue weighted by Gasteiger charge is 2.12. The van der Waals surface area contributed by atoms with E-state index in [4.69, 9.17) is 0 Å². The molecule has 0 bridgehead atoms. The molecule has 2 nitrogen and oxygen atoms in total. The average molecular weight is 272 g/mol. The molecule has 2 heterocycles. The zero-order valence-corrected chi connectivity index (χ0v) is 12.1. The van der Waals surface area contributed by atoms with Gasteiger partial charge >= 0.3 is 0 Å². The van der Waals surface area contributed by atoms with Gasteiger partial charge in [-0.15, -0.1) is 0 Å². The van der Waals surface area contributed by atoms with Crippen molar-refractivity contribution in [1.82, 2.24) is 8.68 Å². The average Bonchev–Trinajstić information content (AvgIpc) is 3.13. The molecule has 0 amide bonds. The van der Waals surface area contributed by atoms with Crippen LogP contribution in [-0.2, 0) is 0 Å². The summed E-state index contributed by atoms with van der Waals surface area (Å²) in [6, 6.07) is 8.42. The fraction of sp³-hybridized carbons (Fsp3) is 0.375. The summed E-state index contributed by atoms with van der Waals surface area (Å²) in [4.78, 5) is 0. The first-order valence-corrected chi connectivity index (χ1v) is 8.49. The molecule has 0 N–H and O–H groups in total. The molecule has 0 saturated heterocycles. The Hall–Kier alpha value is -1.27. The number of allylic oxidation sites excluding steroid dienone is 1. The zero-order chi connectivity index (χ0) is 12.9. The van der Waals surface area contributed by atoms with E-state index in [0.717, 1.165) is 5.92 Å². The molecule has 0 radical (unpaired) electrons. The van der Waals surface area contributed by atoms with Crippen LogP contribution in [0.4, 0.5) is 0 Å². The predicted octanol–water partition coefficient (Wildman–Crippen LogP) is 5.09. The molecule has 2 aromatic rings. The third-order valence-electron chi connectivity index (χ3n) is 3.79. The van der Waals surface area contributed by atoms with Gasteiger partial charge in [-0.1, -0.05) is 25.3 Å². The smallest absolute Gasteiger partial charge is 0.128 e. The fourth-order valence-electron chi connectivity index (χ4n) is 2.72. The van der Waals surface area contributed by atoms with Crippen LogP contribution in [0.1, 0.15) is 32.1 Å². The van der Waals surface area contributed by atoms with Gasteiger partial charge < -0.3 is 8.68 Å². The summed E-state index contributed by atoms with van der Waals surface area (Å²) in [5, 5.41) is 0. The van der Waals surface area contributed by atoms with Crippen LogP contribution in [0, 0.1) is 5.92 Å². The largest absolute Gasteiger partial charge is 0.313 e. The van der Waals surface area contributed by atoms with Gasteiger partial charge in [0.15, 0.2) is 0 Å². The second-order valence-electron chi connectivity index (χ2n) is 5.19. The van der Waals surface area contributed by atoms with E-state index >= 15 is 0 Å². The highest BCUT2D eigenvalue weighted by atomic mass is 31.1. The number of rotatable bonds is 4. The topological polar surface area (TPSA) is 9.86 Å². The Kier molecular flexibility index (Phi) is 4.20. The quantitative estimate of drug-likeness (QED) is 0.686. The summed E-state index contributed by atoms with van der Waals surface area (Å²) in [5.41, 5.74) is 0. The highest BCUT2D eigenvalue weighted by Crippen LogP contribution is 2.41. The number of hydrogen-bond donors (Lipinski definition) is 0. The Morgan fingerprint density at radius 3 is 1.84 bits per heavy atom. The maximum absolute atomic E-state index is 2.46. The number of hydrogen-bond acceptors (Lipinski definition) is 0. The van der Waals surface area contributed by atoms with Crippen LogP contribution < -0.4 is 0 Å². The molecule has 3 rings (SSSR count). The first kappa shape index (κ1) is 12.7. The van der Waals surface area contributed by atoms with Gasteiger partial charge in [0.2, 0.25) is 0 Å². The minimum atomic E-state index is -0.449. The summed E-state index contributed by atoms with van der Waals surface area (Å²) >= 11 is 0. The monoisotopic (exact) mass is 272 g/mol. The molecule has 0 aromatic carbocycles. The van der Waals surface area contributed by atoms with Gasteiger partial charge in [0.1, 0.15) is 8.22 Å². The minimum absolute atomic E-state index is 0.449. The standard InChI is InChI=1S/C16H21N2P/c1-2-8-16(9-3-1)10-15-19(17-11-4-5-12-17)18-13-6-7-14-18/h4-7,10-16H,1-3,8-9H2. The van der Waals surface area contributed by atoms with Crippen LogP contribution in [0.15, 0.2) is 60.9 Å². The van der Waals surface area contributed by atoms with Crippen molar-refractivity contribution >= 4 is 8.22 Å². The van der Waals surface area contributed by atoms with E-state index in [1.54, 1.807) is 0 Å². The summed E-state index contributed by atoms with van der Waals surface area (Å²) in [5.74, 6) is 3.22. The Labute approximate surface area is 116 Å². The van der Waals surface area contributed by atoms with E-state index in [9.17, 15) is 0 Å². The Bertz CT molecular complexity index is 459. The summed E-state index contributed by atoms with van der Waals surface area (Å²) in [6.45, 7) is 0. The lowest BCUT2D eigenvalue weighted by atomic mass is 9.90. The van der Waals surface area contributed by atoms with Crippen LogP contribution in [-0.4, -0.2) is 8.68 Å². The predicted molar refractivity (Wildman–Crippen MR) is 82.3 cm³/mol. The van der Waals surface area contributed by atoms with Crippen molar-refractivity contribution in [2.75, 3.05) is 0 Å². The van der Waals surface area contributed by atoms with Crippen LogP contribution >= 0.6 is 8.22 Å². The molecule has 19 heavy (non-hydrogen) atoms. The van der Waals surface area contributed by atoms with Crippen molar-refractivity contribution in [3.63, 3.8) is 0 Å². The van der Waals surface area contributed by atoms with Crippen molar-refractivity contribution in [1.29, 1.82) is 0 Å². The summed E-state index contributed by atoms with van der Waals surface area (Å²) in [6.07, 6.45) is 18.1. The lowest BCUT2D eigenvalue weighted by Gasteiger charge is -2.20. The van der Waals surface area contributed by atoms with E-state index < -0.39 is 8.22 Å². The van der Waals surface area contributed by atoms with E-state index in [-0.39, 0.29) is 0 Å². The molecular weight excluding hydrogens is 251 g/mol.